The van der Waals surface area contributed by atoms with Crippen molar-refractivity contribution >= 4 is 17.5 Å². The SMILES string of the molecule is CCN(CC)C(=O)c1ccc(NC(=O)CCc2ccncc2)cc1. The van der Waals surface area contributed by atoms with E-state index < -0.39 is 0 Å². The number of nitrogens with one attached hydrogen (secondary N) is 1. The molecule has 2 amide bonds. The third-order valence-electron chi connectivity index (χ3n) is 3.86. The fourth-order valence-electron chi connectivity index (χ4n) is 2.42. The molecule has 1 aromatic carbocycles. The van der Waals surface area contributed by atoms with Gasteiger partial charge < -0.3 is 10.2 Å². The number of hydrogen-bond donors (Lipinski definition) is 1. The Morgan fingerprint density at radius 1 is 1.00 bits per heavy atom. The predicted octanol–water partition coefficient (Wildman–Crippen LogP) is 3.13. The maximum Gasteiger partial charge on any atom is 0.253 e. The third-order valence-corrected chi connectivity index (χ3v) is 3.86. The number of amides is 2. The molecule has 1 N–H and O–H groups in total. The first-order chi connectivity index (χ1) is 11.6. The molecule has 2 rings (SSSR count). The smallest absolute Gasteiger partial charge is 0.253 e. The van der Waals surface area contributed by atoms with Crippen LogP contribution in [0.15, 0.2) is 48.8 Å². The van der Waals surface area contributed by atoms with Gasteiger partial charge in [0.2, 0.25) is 5.91 Å². The minimum absolute atomic E-state index is 0.00978. The molecule has 2 aromatic rings. The molecular weight excluding hydrogens is 302 g/mol. The highest BCUT2D eigenvalue weighted by atomic mass is 16.2. The fraction of sp³-hybridized carbons (Fsp3) is 0.316. The molecule has 0 radical (unpaired) electrons. The van der Waals surface area contributed by atoms with Gasteiger partial charge in [0.1, 0.15) is 0 Å². The number of nitrogens with zero attached hydrogens (tertiary/aromatic N) is 2. The summed E-state index contributed by atoms with van der Waals surface area (Å²) in [6.07, 6.45) is 4.52. The number of rotatable bonds is 7. The number of aryl methyl sites for hydroxylation is 1. The summed E-state index contributed by atoms with van der Waals surface area (Å²) in [6, 6.07) is 10.8. The standard InChI is InChI=1S/C19H23N3O2/c1-3-22(4-2)19(24)16-6-8-17(9-7-16)21-18(23)10-5-15-11-13-20-14-12-15/h6-9,11-14H,3-5,10H2,1-2H3,(H,21,23). The Bertz CT molecular complexity index is 665. The van der Waals surface area contributed by atoms with Gasteiger partial charge in [0, 0.05) is 43.2 Å². The molecule has 0 saturated carbocycles. The summed E-state index contributed by atoms with van der Waals surface area (Å²) >= 11 is 0. The van der Waals surface area contributed by atoms with E-state index in [1.807, 2.05) is 26.0 Å². The van der Waals surface area contributed by atoms with Crippen LogP contribution in [0.5, 0.6) is 0 Å². The average Bonchev–Trinajstić information content (AvgIpc) is 2.62. The van der Waals surface area contributed by atoms with Gasteiger partial charge >= 0.3 is 0 Å². The Labute approximate surface area is 142 Å². The van der Waals surface area contributed by atoms with Crippen molar-refractivity contribution in [3.63, 3.8) is 0 Å². The molecule has 0 saturated heterocycles. The van der Waals surface area contributed by atoms with E-state index in [0.29, 0.717) is 37.2 Å². The Kier molecular flexibility index (Phi) is 6.49. The van der Waals surface area contributed by atoms with Crippen LogP contribution in [0.3, 0.4) is 0 Å². The van der Waals surface area contributed by atoms with E-state index in [0.717, 1.165) is 5.56 Å². The maximum atomic E-state index is 12.2. The van der Waals surface area contributed by atoms with E-state index in [1.54, 1.807) is 41.6 Å². The lowest BCUT2D eigenvalue weighted by molar-refractivity contribution is -0.116. The molecule has 0 fully saturated rings. The van der Waals surface area contributed by atoms with Crippen LogP contribution in [0.2, 0.25) is 0 Å². The van der Waals surface area contributed by atoms with Gasteiger partial charge in [-0.05, 0) is 62.2 Å². The minimum atomic E-state index is -0.0466. The Morgan fingerprint density at radius 3 is 2.21 bits per heavy atom. The minimum Gasteiger partial charge on any atom is -0.339 e. The van der Waals surface area contributed by atoms with Crippen LogP contribution in [-0.2, 0) is 11.2 Å². The van der Waals surface area contributed by atoms with E-state index in [1.165, 1.54) is 0 Å². The van der Waals surface area contributed by atoms with Crippen molar-refractivity contribution in [2.24, 2.45) is 0 Å². The number of anilines is 1. The largest absolute Gasteiger partial charge is 0.339 e. The van der Waals surface area contributed by atoms with Gasteiger partial charge in [0.15, 0.2) is 0 Å². The Morgan fingerprint density at radius 2 is 1.62 bits per heavy atom. The van der Waals surface area contributed by atoms with Crippen LogP contribution < -0.4 is 5.32 Å². The molecule has 0 spiro atoms. The predicted molar refractivity (Wildman–Crippen MR) is 94.9 cm³/mol. The molecule has 0 aliphatic carbocycles. The molecular formula is C19H23N3O2. The first-order valence-electron chi connectivity index (χ1n) is 8.22. The number of pyridine rings is 1. The zero-order chi connectivity index (χ0) is 17.4. The van der Waals surface area contributed by atoms with Gasteiger partial charge in [0.25, 0.3) is 5.91 Å². The summed E-state index contributed by atoms with van der Waals surface area (Å²) in [5, 5.41) is 2.86. The van der Waals surface area contributed by atoms with Crippen LogP contribution in [0.4, 0.5) is 5.69 Å². The third kappa shape index (κ3) is 4.91. The van der Waals surface area contributed by atoms with E-state index in [-0.39, 0.29) is 11.8 Å². The lowest BCUT2D eigenvalue weighted by Gasteiger charge is -2.18. The Hall–Kier alpha value is -2.69. The van der Waals surface area contributed by atoms with Crippen molar-refractivity contribution in [2.75, 3.05) is 18.4 Å². The molecule has 0 aliphatic heterocycles. The van der Waals surface area contributed by atoms with E-state index in [9.17, 15) is 9.59 Å². The zero-order valence-corrected chi connectivity index (χ0v) is 14.2. The Balaban J connectivity index is 1.89. The summed E-state index contributed by atoms with van der Waals surface area (Å²) in [7, 11) is 0. The lowest BCUT2D eigenvalue weighted by atomic mass is 10.1. The van der Waals surface area contributed by atoms with Crippen molar-refractivity contribution in [1.29, 1.82) is 0 Å². The molecule has 24 heavy (non-hydrogen) atoms. The highest BCUT2D eigenvalue weighted by Crippen LogP contribution is 2.12. The molecule has 0 atom stereocenters. The molecule has 1 aromatic heterocycles. The summed E-state index contributed by atoms with van der Waals surface area (Å²) in [4.78, 5) is 30.0. The van der Waals surface area contributed by atoms with Crippen molar-refractivity contribution < 1.29 is 9.59 Å². The van der Waals surface area contributed by atoms with Crippen LogP contribution in [0, 0.1) is 0 Å². The molecule has 1 heterocycles. The second-order valence-electron chi connectivity index (χ2n) is 5.46. The molecule has 0 unspecified atom stereocenters. The second kappa shape index (κ2) is 8.82. The number of benzene rings is 1. The van der Waals surface area contributed by atoms with Crippen LogP contribution in [-0.4, -0.2) is 34.8 Å². The number of hydrogen-bond acceptors (Lipinski definition) is 3. The fourth-order valence-corrected chi connectivity index (χ4v) is 2.42. The maximum absolute atomic E-state index is 12.2. The second-order valence-corrected chi connectivity index (χ2v) is 5.46. The normalized spacial score (nSPS) is 10.2. The van der Waals surface area contributed by atoms with Crippen LogP contribution in [0.1, 0.15) is 36.2 Å². The quantitative estimate of drug-likeness (QED) is 0.850. The van der Waals surface area contributed by atoms with E-state index in [2.05, 4.69) is 10.3 Å². The number of carbonyl (C=O) groups excluding carboxylic acids is 2. The molecule has 0 aliphatic rings. The summed E-state index contributed by atoms with van der Waals surface area (Å²) in [6.45, 7) is 5.28. The van der Waals surface area contributed by atoms with Gasteiger partial charge in [-0.2, -0.15) is 0 Å². The molecule has 5 nitrogen and oxygen atoms in total. The zero-order valence-electron chi connectivity index (χ0n) is 14.2. The molecule has 0 bridgehead atoms. The summed E-state index contributed by atoms with van der Waals surface area (Å²) < 4.78 is 0. The molecule has 5 heteroatoms. The summed E-state index contributed by atoms with van der Waals surface area (Å²) in [5.41, 5.74) is 2.42. The van der Waals surface area contributed by atoms with Crippen LogP contribution >= 0.6 is 0 Å². The van der Waals surface area contributed by atoms with Gasteiger partial charge in [-0.15, -0.1) is 0 Å². The molecule has 126 valence electrons. The average molecular weight is 325 g/mol. The van der Waals surface area contributed by atoms with Gasteiger partial charge in [0.05, 0.1) is 0 Å². The van der Waals surface area contributed by atoms with Crippen molar-refractivity contribution in [3.8, 4) is 0 Å². The van der Waals surface area contributed by atoms with E-state index >= 15 is 0 Å². The van der Waals surface area contributed by atoms with Crippen molar-refractivity contribution in [1.82, 2.24) is 9.88 Å². The monoisotopic (exact) mass is 325 g/mol. The number of aromatic nitrogens is 1. The van der Waals surface area contributed by atoms with Crippen molar-refractivity contribution in [3.05, 3.63) is 59.9 Å². The first-order valence-corrected chi connectivity index (χ1v) is 8.22. The highest BCUT2D eigenvalue weighted by molar-refractivity contribution is 5.95. The van der Waals surface area contributed by atoms with Crippen LogP contribution in [0.25, 0.3) is 0 Å². The van der Waals surface area contributed by atoms with Crippen molar-refractivity contribution in [2.45, 2.75) is 26.7 Å². The highest BCUT2D eigenvalue weighted by Gasteiger charge is 2.12. The topological polar surface area (TPSA) is 62.3 Å². The number of carbonyl (C=O) groups is 2. The van der Waals surface area contributed by atoms with Gasteiger partial charge in [-0.25, -0.2) is 0 Å². The summed E-state index contributed by atoms with van der Waals surface area (Å²) in [5.74, 6) is -0.0369. The van der Waals surface area contributed by atoms with Gasteiger partial charge in [-0.3, -0.25) is 14.6 Å². The first kappa shape index (κ1) is 17.7. The lowest BCUT2D eigenvalue weighted by Crippen LogP contribution is -2.30. The van der Waals surface area contributed by atoms with Gasteiger partial charge in [-0.1, -0.05) is 0 Å². The van der Waals surface area contributed by atoms with E-state index in [4.69, 9.17) is 0 Å².